The number of esters is 1. The van der Waals surface area contributed by atoms with E-state index in [0.29, 0.717) is 12.1 Å². The second-order valence-electron chi connectivity index (χ2n) is 5.42. The minimum atomic E-state index is -4.61. The summed E-state index contributed by atoms with van der Waals surface area (Å²) in [7, 11) is 0. The predicted molar refractivity (Wildman–Crippen MR) is 76.3 cm³/mol. The van der Waals surface area contributed by atoms with E-state index in [2.05, 4.69) is 15.1 Å². The number of carbonyl (C=O) groups excluding carboxylic acids is 1. The minimum absolute atomic E-state index is 0.0271. The van der Waals surface area contributed by atoms with Crippen LogP contribution in [0.1, 0.15) is 30.3 Å². The van der Waals surface area contributed by atoms with E-state index < -0.39 is 23.8 Å². The molecule has 6 nitrogen and oxygen atoms in total. The topological polar surface area (TPSA) is 69.9 Å². The van der Waals surface area contributed by atoms with Crippen molar-refractivity contribution in [1.82, 2.24) is 19.7 Å². The quantitative estimate of drug-likeness (QED) is 0.802. The molecule has 3 rings (SSSR count). The molecule has 1 aliphatic carbocycles. The van der Waals surface area contributed by atoms with Gasteiger partial charge in [0.05, 0.1) is 18.2 Å². The fourth-order valence-electron chi connectivity index (χ4n) is 2.87. The average Bonchev–Trinajstić information content (AvgIpc) is 2.95. The second-order valence-corrected chi connectivity index (χ2v) is 5.42. The Balaban J connectivity index is 2.04. The maximum atomic E-state index is 13.3. The van der Waals surface area contributed by atoms with Gasteiger partial charge in [-0.15, -0.1) is 0 Å². The highest BCUT2D eigenvalue weighted by Gasteiger charge is 2.42. The SMILES string of the molecule is CCOC(=O)C1CCc2c(c(C(F)(F)F)nn2-c2ncccn2)C1. The molecular formula is C15H15F3N4O2. The van der Waals surface area contributed by atoms with Crippen molar-refractivity contribution in [2.45, 2.75) is 32.4 Å². The minimum Gasteiger partial charge on any atom is -0.466 e. The van der Waals surface area contributed by atoms with E-state index in [-0.39, 0.29) is 31.0 Å². The number of fused-ring (bicyclic) bond motifs is 1. The van der Waals surface area contributed by atoms with Gasteiger partial charge in [-0.2, -0.15) is 18.3 Å². The lowest BCUT2D eigenvalue weighted by molar-refractivity contribution is -0.149. The van der Waals surface area contributed by atoms with E-state index in [4.69, 9.17) is 4.74 Å². The molecule has 1 unspecified atom stereocenters. The molecule has 0 aliphatic heterocycles. The third kappa shape index (κ3) is 2.98. The van der Waals surface area contributed by atoms with Crippen molar-refractivity contribution in [2.75, 3.05) is 6.61 Å². The highest BCUT2D eigenvalue weighted by atomic mass is 19.4. The first-order valence-corrected chi connectivity index (χ1v) is 7.53. The fourth-order valence-corrected chi connectivity index (χ4v) is 2.87. The highest BCUT2D eigenvalue weighted by molar-refractivity contribution is 5.73. The van der Waals surface area contributed by atoms with Gasteiger partial charge in [-0.3, -0.25) is 4.79 Å². The van der Waals surface area contributed by atoms with E-state index >= 15 is 0 Å². The van der Waals surface area contributed by atoms with Crippen molar-refractivity contribution in [1.29, 1.82) is 0 Å². The number of hydrogen-bond donors (Lipinski definition) is 0. The maximum Gasteiger partial charge on any atom is 0.435 e. The summed E-state index contributed by atoms with van der Waals surface area (Å²) in [6, 6.07) is 1.57. The summed E-state index contributed by atoms with van der Waals surface area (Å²) < 4.78 is 46.1. The first-order valence-electron chi connectivity index (χ1n) is 7.53. The van der Waals surface area contributed by atoms with Gasteiger partial charge in [-0.1, -0.05) is 0 Å². The van der Waals surface area contributed by atoms with Crippen LogP contribution in [0.25, 0.3) is 5.95 Å². The zero-order valence-electron chi connectivity index (χ0n) is 12.9. The van der Waals surface area contributed by atoms with E-state index in [9.17, 15) is 18.0 Å². The van der Waals surface area contributed by atoms with Crippen LogP contribution in [0.4, 0.5) is 13.2 Å². The van der Waals surface area contributed by atoms with Crippen LogP contribution in [0.2, 0.25) is 0 Å². The van der Waals surface area contributed by atoms with Crippen molar-refractivity contribution in [3.8, 4) is 5.95 Å². The molecule has 0 aromatic carbocycles. The van der Waals surface area contributed by atoms with Crippen molar-refractivity contribution in [2.24, 2.45) is 5.92 Å². The molecule has 1 atom stereocenters. The van der Waals surface area contributed by atoms with Gasteiger partial charge in [-0.25, -0.2) is 14.6 Å². The highest BCUT2D eigenvalue weighted by Crippen LogP contribution is 2.38. The molecule has 0 saturated carbocycles. The van der Waals surface area contributed by atoms with Crippen molar-refractivity contribution in [3.63, 3.8) is 0 Å². The Bertz CT molecular complexity index is 743. The average molecular weight is 340 g/mol. The standard InChI is InChI=1S/C15H15F3N4O2/c1-2-24-13(23)9-4-5-11-10(8-9)12(15(16,17)18)21-22(11)14-19-6-3-7-20-14/h3,6-7,9H,2,4-5,8H2,1H3. The van der Waals surface area contributed by atoms with Crippen LogP contribution in [0, 0.1) is 5.92 Å². The maximum absolute atomic E-state index is 13.3. The van der Waals surface area contributed by atoms with Gasteiger partial charge in [0.15, 0.2) is 5.69 Å². The smallest absolute Gasteiger partial charge is 0.435 e. The summed E-state index contributed by atoms with van der Waals surface area (Å²) in [5, 5.41) is 3.69. The molecule has 0 bridgehead atoms. The van der Waals surface area contributed by atoms with Gasteiger partial charge in [0.2, 0.25) is 0 Å². The van der Waals surface area contributed by atoms with Gasteiger partial charge in [0.1, 0.15) is 0 Å². The zero-order chi connectivity index (χ0) is 17.3. The van der Waals surface area contributed by atoms with Gasteiger partial charge >= 0.3 is 12.1 Å². The number of alkyl halides is 3. The largest absolute Gasteiger partial charge is 0.466 e. The van der Waals surface area contributed by atoms with Gasteiger partial charge in [-0.05, 0) is 32.3 Å². The lowest BCUT2D eigenvalue weighted by Gasteiger charge is -2.22. The predicted octanol–water partition coefficient (Wildman–Crippen LogP) is 2.35. The Morgan fingerprint density at radius 2 is 2.08 bits per heavy atom. The first kappa shape index (κ1) is 16.4. The number of ether oxygens (including phenoxy) is 1. The fraction of sp³-hybridized carbons (Fsp3) is 0.467. The first-order chi connectivity index (χ1) is 11.4. The van der Waals surface area contributed by atoms with Crippen LogP contribution in [-0.2, 0) is 28.5 Å². The molecular weight excluding hydrogens is 325 g/mol. The molecule has 0 amide bonds. The number of hydrogen-bond acceptors (Lipinski definition) is 5. The molecule has 0 saturated heterocycles. The summed E-state index contributed by atoms with van der Waals surface area (Å²) >= 11 is 0. The zero-order valence-corrected chi connectivity index (χ0v) is 12.9. The Morgan fingerprint density at radius 3 is 2.71 bits per heavy atom. The molecule has 2 heterocycles. The number of nitrogens with zero attached hydrogens (tertiary/aromatic N) is 4. The lowest BCUT2D eigenvalue weighted by atomic mass is 9.86. The molecule has 0 N–H and O–H groups in total. The second kappa shape index (κ2) is 6.21. The summed E-state index contributed by atoms with van der Waals surface area (Å²) in [6.45, 7) is 1.86. The molecule has 128 valence electrons. The van der Waals surface area contributed by atoms with Crippen LogP contribution >= 0.6 is 0 Å². The Kier molecular flexibility index (Phi) is 4.25. The van der Waals surface area contributed by atoms with Crippen molar-refractivity contribution >= 4 is 5.97 Å². The monoisotopic (exact) mass is 340 g/mol. The number of carbonyl (C=O) groups is 1. The third-order valence-corrected chi connectivity index (χ3v) is 3.90. The lowest BCUT2D eigenvalue weighted by Crippen LogP contribution is -2.26. The van der Waals surface area contributed by atoms with Crippen LogP contribution in [0.15, 0.2) is 18.5 Å². The van der Waals surface area contributed by atoms with Crippen molar-refractivity contribution < 1.29 is 22.7 Å². The Morgan fingerprint density at radius 1 is 1.38 bits per heavy atom. The van der Waals surface area contributed by atoms with Gasteiger partial charge < -0.3 is 4.74 Å². The summed E-state index contributed by atoms with van der Waals surface area (Å²) in [4.78, 5) is 19.8. The molecule has 0 spiro atoms. The summed E-state index contributed by atoms with van der Waals surface area (Å²) in [6.07, 6.45) is -1.10. The summed E-state index contributed by atoms with van der Waals surface area (Å²) in [5.74, 6) is -0.980. The van der Waals surface area contributed by atoms with E-state index in [1.54, 1.807) is 13.0 Å². The van der Waals surface area contributed by atoms with E-state index in [1.807, 2.05) is 0 Å². The third-order valence-electron chi connectivity index (χ3n) is 3.90. The molecule has 0 fully saturated rings. The molecule has 2 aromatic heterocycles. The van der Waals surface area contributed by atoms with Crippen LogP contribution in [0.3, 0.4) is 0 Å². The summed E-state index contributed by atoms with van der Waals surface area (Å²) in [5.41, 5.74) is -0.563. The Labute approximate surface area is 135 Å². The molecule has 0 radical (unpaired) electrons. The van der Waals surface area contributed by atoms with E-state index in [1.165, 1.54) is 12.4 Å². The van der Waals surface area contributed by atoms with Gasteiger partial charge in [0.25, 0.3) is 5.95 Å². The van der Waals surface area contributed by atoms with Crippen LogP contribution < -0.4 is 0 Å². The van der Waals surface area contributed by atoms with E-state index in [0.717, 1.165) is 4.68 Å². The van der Waals surface area contributed by atoms with Gasteiger partial charge in [0, 0.05) is 18.0 Å². The molecule has 1 aliphatic rings. The van der Waals surface area contributed by atoms with Crippen LogP contribution in [0.5, 0.6) is 0 Å². The molecule has 2 aromatic rings. The molecule has 24 heavy (non-hydrogen) atoms. The number of rotatable bonds is 3. The molecule has 9 heteroatoms. The normalized spacial score (nSPS) is 17.4. The Hall–Kier alpha value is -2.45. The van der Waals surface area contributed by atoms with Crippen molar-refractivity contribution in [3.05, 3.63) is 35.4 Å². The number of aromatic nitrogens is 4. The van der Waals surface area contributed by atoms with Crippen LogP contribution in [-0.4, -0.2) is 32.3 Å². The number of halogens is 3.